The molecule has 1 unspecified atom stereocenters. The molecule has 4 heteroatoms. The summed E-state index contributed by atoms with van der Waals surface area (Å²) in [6.45, 7) is 0. The minimum Gasteiger partial charge on any atom is -0.294 e. The molecule has 3 rings (SSSR count). The van der Waals surface area contributed by atoms with Crippen molar-refractivity contribution in [2.75, 3.05) is 0 Å². The number of Topliss-reactive ketones (excluding diaryl/α,β-unsaturated/α-hetero) is 1. The molecule has 0 saturated heterocycles. The Morgan fingerprint density at radius 1 is 0.917 bits per heavy atom. The largest absolute Gasteiger partial charge is 0.389 e. The molecule has 1 atom stereocenters. The zero-order valence-corrected chi connectivity index (χ0v) is 13.3. The highest BCUT2D eigenvalue weighted by atomic mass is 19.4. The van der Waals surface area contributed by atoms with Gasteiger partial charge in [-0.1, -0.05) is 48.5 Å². The molecule has 2 aromatic carbocycles. The fourth-order valence-corrected chi connectivity index (χ4v) is 3.54. The molecule has 1 aliphatic carbocycles. The molecule has 0 bridgehead atoms. The van der Waals surface area contributed by atoms with Crippen LogP contribution in [0.4, 0.5) is 13.2 Å². The lowest BCUT2D eigenvalue weighted by Gasteiger charge is -2.24. The van der Waals surface area contributed by atoms with E-state index in [4.69, 9.17) is 0 Å². The number of ketones is 1. The second-order valence-electron chi connectivity index (χ2n) is 6.35. The van der Waals surface area contributed by atoms with E-state index in [-0.39, 0.29) is 12.2 Å². The van der Waals surface area contributed by atoms with Gasteiger partial charge < -0.3 is 0 Å². The van der Waals surface area contributed by atoms with E-state index in [2.05, 4.69) is 0 Å². The van der Waals surface area contributed by atoms with Crippen molar-refractivity contribution in [3.8, 4) is 0 Å². The summed E-state index contributed by atoms with van der Waals surface area (Å²) in [6.07, 6.45) is -3.15. The first-order valence-electron chi connectivity index (χ1n) is 8.20. The van der Waals surface area contributed by atoms with E-state index in [0.29, 0.717) is 30.4 Å². The molecule has 0 aliphatic heterocycles. The highest BCUT2D eigenvalue weighted by molar-refractivity contribution is 5.97. The first-order chi connectivity index (χ1) is 11.4. The molecule has 0 aromatic heterocycles. The Hall–Kier alpha value is -2.10. The van der Waals surface area contributed by atoms with Gasteiger partial charge in [0.05, 0.1) is 6.42 Å². The van der Waals surface area contributed by atoms with Crippen molar-refractivity contribution in [1.29, 1.82) is 0 Å². The summed E-state index contributed by atoms with van der Waals surface area (Å²) >= 11 is 0. The first kappa shape index (κ1) is 16.7. The summed E-state index contributed by atoms with van der Waals surface area (Å²) in [7, 11) is 0. The van der Waals surface area contributed by atoms with Gasteiger partial charge in [0.2, 0.25) is 0 Å². The van der Waals surface area contributed by atoms with Crippen LogP contribution < -0.4 is 0 Å². The second-order valence-corrected chi connectivity index (χ2v) is 6.35. The summed E-state index contributed by atoms with van der Waals surface area (Å²) in [5.41, 5.74) is 2.98. The van der Waals surface area contributed by atoms with E-state index < -0.39 is 18.5 Å². The summed E-state index contributed by atoms with van der Waals surface area (Å²) in [4.78, 5) is 12.4. The van der Waals surface area contributed by atoms with Crippen molar-refractivity contribution >= 4 is 5.78 Å². The van der Waals surface area contributed by atoms with Gasteiger partial charge in [-0.25, -0.2) is 0 Å². The molecule has 0 amide bonds. The molecule has 0 heterocycles. The Balaban J connectivity index is 2.07. The molecule has 0 spiro atoms. The monoisotopic (exact) mass is 332 g/mol. The zero-order valence-electron chi connectivity index (χ0n) is 13.3. The smallest absolute Gasteiger partial charge is 0.294 e. The van der Waals surface area contributed by atoms with E-state index in [1.165, 1.54) is 0 Å². The van der Waals surface area contributed by atoms with Crippen LogP contribution in [0.2, 0.25) is 0 Å². The van der Waals surface area contributed by atoms with Gasteiger partial charge in [-0.2, -0.15) is 13.2 Å². The fraction of sp³-hybridized carbons (Fsp3) is 0.350. The maximum atomic E-state index is 13.1. The zero-order chi connectivity index (χ0) is 17.2. The molecule has 2 aromatic rings. The molecular weight excluding hydrogens is 313 g/mol. The standard InChI is InChI=1S/C20H19F3O/c21-20(22,23)13-16-12-15-7-2-4-10-18(15)19(24)11-5-8-14-6-1-3-9-17(14)16/h1-4,6-7,9-10,16H,5,8,11-13H2. The number of hydrogen-bond donors (Lipinski definition) is 0. The number of alkyl halides is 3. The summed E-state index contributed by atoms with van der Waals surface area (Å²) in [5.74, 6) is -0.635. The number of carbonyl (C=O) groups excluding carboxylic acids is 1. The second kappa shape index (κ2) is 6.80. The van der Waals surface area contributed by atoms with Crippen LogP contribution in [0.3, 0.4) is 0 Å². The van der Waals surface area contributed by atoms with Crippen molar-refractivity contribution in [3.63, 3.8) is 0 Å². The lowest BCUT2D eigenvalue weighted by molar-refractivity contribution is -0.138. The predicted molar refractivity (Wildman–Crippen MR) is 87.3 cm³/mol. The Bertz CT molecular complexity index is 734. The Kier molecular flexibility index (Phi) is 4.74. The summed E-state index contributed by atoms with van der Waals surface area (Å²) < 4.78 is 39.4. The predicted octanol–water partition coefficient (Wildman–Crippen LogP) is 5.48. The number of carbonyl (C=O) groups is 1. The van der Waals surface area contributed by atoms with Crippen molar-refractivity contribution in [2.24, 2.45) is 0 Å². The van der Waals surface area contributed by atoms with Gasteiger partial charge >= 0.3 is 6.18 Å². The van der Waals surface area contributed by atoms with Crippen LogP contribution >= 0.6 is 0 Å². The maximum absolute atomic E-state index is 13.1. The number of rotatable bonds is 1. The Labute approximate surface area is 139 Å². The average molecular weight is 332 g/mol. The molecule has 24 heavy (non-hydrogen) atoms. The van der Waals surface area contributed by atoms with E-state index in [1.54, 1.807) is 36.4 Å². The van der Waals surface area contributed by atoms with E-state index in [0.717, 1.165) is 11.1 Å². The van der Waals surface area contributed by atoms with Gasteiger partial charge in [0.25, 0.3) is 0 Å². The average Bonchev–Trinajstić information content (AvgIpc) is 2.53. The van der Waals surface area contributed by atoms with Gasteiger partial charge in [-0.15, -0.1) is 0 Å². The van der Waals surface area contributed by atoms with Gasteiger partial charge in [0, 0.05) is 12.0 Å². The van der Waals surface area contributed by atoms with Gasteiger partial charge in [0.1, 0.15) is 0 Å². The van der Waals surface area contributed by atoms with Crippen LogP contribution in [-0.4, -0.2) is 12.0 Å². The lowest BCUT2D eigenvalue weighted by atomic mass is 9.82. The van der Waals surface area contributed by atoms with Crippen LogP contribution in [0.15, 0.2) is 48.5 Å². The maximum Gasteiger partial charge on any atom is 0.389 e. The van der Waals surface area contributed by atoms with Crippen molar-refractivity contribution in [2.45, 2.75) is 44.2 Å². The normalized spacial score (nSPS) is 18.6. The topological polar surface area (TPSA) is 17.1 Å². The van der Waals surface area contributed by atoms with Crippen LogP contribution in [-0.2, 0) is 12.8 Å². The SMILES string of the molecule is O=C1CCCc2ccccc2C(CC(F)(F)F)Cc2ccccc21. The summed E-state index contributed by atoms with van der Waals surface area (Å²) in [6, 6.07) is 14.4. The highest BCUT2D eigenvalue weighted by Gasteiger charge is 2.34. The van der Waals surface area contributed by atoms with Gasteiger partial charge in [-0.3, -0.25) is 4.79 Å². The van der Waals surface area contributed by atoms with Crippen LogP contribution in [0.1, 0.15) is 52.2 Å². The number of benzene rings is 2. The highest BCUT2D eigenvalue weighted by Crippen LogP contribution is 2.37. The number of halogens is 3. The van der Waals surface area contributed by atoms with Crippen molar-refractivity contribution in [1.82, 2.24) is 0 Å². The third-order valence-electron chi connectivity index (χ3n) is 4.61. The van der Waals surface area contributed by atoms with E-state index >= 15 is 0 Å². The van der Waals surface area contributed by atoms with E-state index in [1.807, 2.05) is 12.1 Å². The third-order valence-corrected chi connectivity index (χ3v) is 4.61. The molecule has 0 saturated carbocycles. The van der Waals surface area contributed by atoms with E-state index in [9.17, 15) is 18.0 Å². The van der Waals surface area contributed by atoms with Crippen LogP contribution in [0.25, 0.3) is 0 Å². The Morgan fingerprint density at radius 3 is 2.33 bits per heavy atom. The minimum absolute atomic E-state index is 0.0238. The lowest BCUT2D eigenvalue weighted by Crippen LogP contribution is -2.19. The van der Waals surface area contributed by atoms with Crippen LogP contribution in [0, 0.1) is 0 Å². The third kappa shape index (κ3) is 3.86. The molecular formula is C20H19F3O. The number of hydrogen-bond acceptors (Lipinski definition) is 1. The molecule has 126 valence electrons. The Morgan fingerprint density at radius 2 is 1.58 bits per heavy atom. The molecule has 0 radical (unpaired) electrons. The molecule has 0 N–H and O–H groups in total. The number of fused-ring (bicyclic) bond motifs is 2. The molecule has 1 nitrogen and oxygen atoms in total. The van der Waals surface area contributed by atoms with Crippen molar-refractivity contribution < 1.29 is 18.0 Å². The number of aryl methyl sites for hydroxylation is 1. The van der Waals surface area contributed by atoms with Gasteiger partial charge in [0.15, 0.2) is 5.78 Å². The molecule has 0 fully saturated rings. The fourth-order valence-electron chi connectivity index (χ4n) is 3.54. The van der Waals surface area contributed by atoms with Crippen molar-refractivity contribution in [3.05, 3.63) is 70.8 Å². The van der Waals surface area contributed by atoms with Gasteiger partial charge in [-0.05, 0) is 41.9 Å². The molecule has 1 aliphatic rings. The minimum atomic E-state index is -4.24. The summed E-state index contributed by atoms with van der Waals surface area (Å²) in [5, 5.41) is 0. The quantitative estimate of drug-likeness (QED) is 0.675. The first-order valence-corrected chi connectivity index (χ1v) is 8.20. The van der Waals surface area contributed by atoms with Crippen LogP contribution in [0.5, 0.6) is 0 Å².